The summed E-state index contributed by atoms with van der Waals surface area (Å²) >= 11 is 0. The van der Waals surface area contributed by atoms with Gasteiger partial charge in [-0.05, 0) is 31.7 Å². The van der Waals surface area contributed by atoms with E-state index in [9.17, 15) is 0 Å². The summed E-state index contributed by atoms with van der Waals surface area (Å²) in [7, 11) is 0. The summed E-state index contributed by atoms with van der Waals surface area (Å²) in [6, 6.07) is 8.91. The Morgan fingerprint density at radius 1 is 1.35 bits per heavy atom. The third-order valence-corrected chi connectivity index (χ3v) is 3.80. The minimum Gasteiger partial charge on any atom is -0.378 e. The summed E-state index contributed by atoms with van der Waals surface area (Å²) in [6.45, 7) is 5.17. The van der Waals surface area contributed by atoms with Crippen molar-refractivity contribution < 1.29 is 4.74 Å². The Kier molecular flexibility index (Phi) is 4.19. The zero-order valence-corrected chi connectivity index (χ0v) is 10.9. The van der Waals surface area contributed by atoms with Crippen molar-refractivity contribution in [3.63, 3.8) is 0 Å². The fourth-order valence-electron chi connectivity index (χ4n) is 2.72. The van der Waals surface area contributed by atoms with E-state index in [4.69, 9.17) is 10.5 Å². The van der Waals surface area contributed by atoms with Crippen LogP contribution in [0, 0.1) is 12.8 Å². The lowest BCUT2D eigenvalue weighted by Gasteiger charge is -2.23. The molecule has 2 N–H and O–H groups in total. The van der Waals surface area contributed by atoms with E-state index in [1.165, 1.54) is 11.1 Å². The van der Waals surface area contributed by atoms with Gasteiger partial charge in [-0.25, -0.2) is 0 Å². The fraction of sp³-hybridized carbons (Fsp3) is 0.600. The predicted octanol–water partition coefficient (Wildman–Crippen LogP) is 2.68. The van der Waals surface area contributed by atoms with E-state index in [-0.39, 0.29) is 6.04 Å². The maximum atomic E-state index is 6.34. The van der Waals surface area contributed by atoms with E-state index in [2.05, 4.69) is 38.1 Å². The van der Waals surface area contributed by atoms with Crippen LogP contribution in [-0.4, -0.2) is 18.8 Å². The van der Waals surface area contributed by atoms with Gasteiger partial charge in [-0.15, -0.1) is 0 Å². The lowest BCUT2D eigenvalue weighted by molar-refractivity contribution is 0.0814. The largest absolute Gasteiger partial charge is 0.378 e. The third-order valence-electron chi connectivity index (χ3n) is 3.80. The molecule has 1 aromatic carbocycles. The lowest BCUT2D eigenvalue weighted by atomic mass is 9.88. The molecule has 1 fully saturated rings. The van der Waals surface area contributed by atoms with Gasteiger partial charge in [-0.3, -0.25) is 0 Å². The van der Waals surface area contributed by atoms with Crippen molar-refractivity contribution in [2.45, 2.75) is 45.3 Å². The molecular weight excluding hydrogens is 210 g/mol. The van der Waals surface area contributed by atoms with Gasteiger partial charge in [0.15, 0.2) is 0 Å². The molecule has 2 rings (SSSR count). The van der Waals surface area contributed by atoms with Gasteiger partial charge in [0.05, 0.1) is 6.10 Å². The normalized spacial score (nSPS) is 26.1. The second kappa shape index (κ2) is 5.65. The average Bonchev–Trinajstić information content (AvgIpc) is 2.80. The molecule has 3 unspecified atom stereocenters. The van der Waals surface area contributed by atoms with E-state index in [0.717, 1.165) is 25.9 Å². The van der Waals surface area contributed by atoms with Crippen LogP contribution >= 0.6 is 0 Å². The fourth-order valence-corrected chi connectivity index (χ4v) is 2.72. The van der Waals surface area contributed by atoms with E-state index in [0.29, 0.717) is 12.0 Å². The van der Waals surface area contributed by atoms with Crippen molar-refractivity contribution in [1.82, 2.24) is 0 Å². The molecular formula is C15H23NO. The first-order valence-corrected chi connectivity index (χ1v) is 6.63. The van der Waals surface area contributed by atoms with Crippen molar-refractivity contribution in [2.24, 2.45) is 11.7 Å². The van der Waals surface area contributed by atoms with Gasteiger partial charge < -0.3 is 10.5 Å². The number of rotatable bonds is 4. The molecule has 17 heavy (non-hydrogen) atoms. The molecule has 0 radical (unpaired) electrons. The van der Waals surface area contributed by atoms with Crippen LogP contribution in [0.4, 0.5) is 0 Å². The first-order chi connectivity index (χ1) is 8.20. The second-order valence-corrected chi connectivity index (χ2v) is 5.12. The number of aryl methyl sites for hydroxylation is 1. The number of ether oxygens (including phenoxy) is 1. The molecule has 1 aliphatic rings. The Labute approximate surface area is 104 Å². The van der Waals surface area contributed by atoms with Crippen LogP contribution in [0.3, 0.4) is 0 Å². The van der Waals surface area contributed by atoms with Crippen LogP contribution in [0.15, 0.2) is 24.3 Å². The number of hydrogen-bond acceptors (Lipinski definition) is 2. The minimum atomic E-state index is 0.227. The van der Waals surface area contributed by atoms with Gasteiger partial charge in [0, 0.05) is 18.6 Å². The molecule has 1 aromatic rings. The van der Waals surface area contributed by atoms with Gasteiger partial charge in [0.25, 0.3) is 0 Å². The molecule has 0 aliphatic carbocycles. The Hall–Kier alpha value is -0.860. The van der Waals surface area contributed by atoms with Gasteiger partial charge in [-0.1, -0.05) is 36.8 Å². The maximum Gasteiger partial charge on any atom is 0.0616 e. The van der Waals surface area contributed by atoms with Crippen LogP contribution < -0.4 is 5.73 Å². The van der Waals surface area contributed by atoms with Crippen molar-refractivity contribution in [2.75, 3.05) is 6.61 Å². The second-order valence-electron chi connectivity index (χ2n) is 5.12. The highest BCUT2D eigenvalue weighted by Crippen LogP contribution is 2.27. The minimum absolute atomic E-state index is 0.227. The molecule has 0 amide bonds. The summed E-state index contributed by atoms with van der Waals surface area (Å²) in [5, 5.41) is 0. The number of hydrogen-bond donors (Lipinski definition) is 1. The molecule has 3 atom stereocenters. The molecule has 1 aliphatic heterocycles. The Bertz CT molecular complexity index is 346. The van der Waals surface area contributed by atoms with E-state index < -0.39 is 0 Å². The van der Waals surface area contributed by atoms with Crippen LogP contribution in [-0.2, 0) is 11.2 Å². The topological polar surface area (TPSA) is 35.2 Å². The van der Waals surface area contributed by atoms with Crippen LogP contribution in [0.5, 0.6) is 0 Å². The highest BCUT2D eigenvalue weighted by atomic mass is 16.5. The zero-order valence-electron chi connectivity index (χ0n) is 10.9. The SMILES string of the molecule is CCC1OCCC1C(N)Cc1ccc(C)cc1. The Morgan fingerprint density at radius 3 is 2.71 bits per heavy atom. The predicted molar refractivity (Wildman–Crippen MR) is 71.0 cm³/mol. The van der Waals surface area contributed by atoms with Crippen LogP contribution in [0.2, 0.25) is 0 Å². The smallest absolute Gasteiger partial charge is 0.0616 e. The van der Waals surface area contributed by atoms with Crippen molar-refractivity contribution >= 4 is 0 Å². The van der Waals surface area contributed by atoms with Crippen LogP contribution in [0.25, 0.3) is 0 Å². The van der Waals surface area contributed by atoms with Gasteiger partial charge in [-0.2, -0.15) is 0 Å². The Morgan fingerprint density at radius 2 is 2.06 bits per heavy atom. The molecule has 0 bridgehead atoms. The van der Waals surface area contributed by atoms with E-state index in [1.807, 2.05) is 0 Å². The molecule has 94 valence electrons. The standard InChI is InChI=1S/C15H23NO/c1-3-15-13(8-9-17-15)14(16)10-12-6-4-11(2)5-7-12/h4-7,13-15H,3,8-10,16H2,1-2H3. The summed E-state index contributed by atoms with van der Waals surface area (Å²) in [5.74, 6) is 0.529. The average molecular weight is 233 g/mol. The summed E-state index contributed by atoms with van der Waals surface area (Å²) in [4.78, 5) is 0. The first-order valence-electron chi connectivity index (χ1n) is 6.63. The maximum absolute atomic E-state index is 6.34. The summed E-state index contributed by atoms with van der Waals surface area (Å²) < 4.78 is 5.71. The van der Waals surface area contributed by atoms with E-state index in [1.54, 1.807) is 0 Å². The summed E-state index contributed by atoms with van der Waals surface area (Å²) in [5.41, 5.74) is 8.98. The highest BCUT2D eigenvalue weighted by molar-refractivity contribution is 5.22. The highest BCUT2D eigenvalue weighted by Gasteiger charge is 2.31. The number of benzene rings is 1. The van der Waals surface area contributed by atoms with Crippen molar-refractivity contribution in [3.8, 4) is 0 Å². The number of nitrogens with two attached hydrogens (primary N) is 1. The molecule has 1 heterocycles. The third kappa shape index (κ3) is 3.08. The quantitative estimate of drug-likeness (QED) is 0.867. The molecule has 2 nitrogen and oxygen atoms in total. The van der Waals surface area contributed by atoms with E-state index >= 15 is 0 Å². The van der Waals surface area contributed by atoms with Crippen molar-refractivity contribution in [1.29, 1.82) is 0 Å². The monoisotopic (exact) mass is 233 g/mol. The zero-order chi connectivity index (χ0) is 12.3. The van der Waals surface area contributed by atoms with Gasteiger partial charge in [0.2, 0.25) is 0 Å². The van der Waals surface area contributed by atoms with Crippen molar-refractivity contribution in [3.05, 3.63) is 35.4 Å². The molecule has 2 heteroatoms. The first kappa shape index (κ1) is 12.6. The molecule has 1 saturated heterocycles. The lowest BCUT2D eigenvalue weighted by Crippen LogP contribution is -2.36. The Balaban J connectivity index is 1.96. The van der Waals surface area contributed by atoms with Gasteiger partial charge in [0.1, 0.15) is 0 Å². The molecule has 0 aromatic heterocycles. The molecule has 0 saturated carbocycles. The van der Waals surface area contributed by atoms with Gasteiger partial charge >= 0.3 is 0 Å². The van der Waals surface area contributed by atoms with Crippen LogP contribution in [0.1, 0.15) is 30.9 Å². The summed E-state index contributed by atoms with van der Waals surface area (Å²) in [6.07, 6.45) is 3.53. The molecule has 0 spiro atoms.